The van der Waals surface area contributed by atoms with Gasteiger partial charge in [0.05, 0.1) is 0 Å². The van der Waals surface area contributed by atoms with Crippen molar-refractivity contribution in [1.29, 1.82) is 0 Å². The van der Waals surface area contributed by atoms with Crippen LogP contribution in [0.2, 0.25) is 0 Å². The predicted octanol–water partition coefficient (Wildman–Crippen LogP) is 7.79. The van der Waals surface area contributed by atoms with Crippen LogP contribution in [-0.2, 0) is 9.53 Å². The molecule has 5 aromatic rings. The maximum Gasteiger partial charge on any atom is 0.328 e. The Bertz CT molecular complexity index is 1750. The fraction of sp³-hybridized carbons (Fsp3) is 0.154. The molecule has 5 aromatic carbocycles. The number of rotatable bonds is 12. The first kappa shape index (κ1) is 31.4. The Kier molecular flexibility index (Phi) is 10.1. The van der Waals surface area contributed by atoms with Gasteiger partial charge in [-0.25, -0.2) is 9.18 Å². The summed E-state index contributed by atoms with van der Waals surface area (Å²) in [5, 5.41) is 9.40. The number of aliphatic carboxylic acids is 1. The first-order valence-corrected chi connectivity index (χ1v) is 15.2. The minimum atomic E-state index is -1.21. The van der Waals surface area contributed by atoms with Crippen LogP contribution in [0.1, 0.15) is 17.2 Å². The van der Waals surface area contributed by atoms with E-state index in [-0.39, 0.29) is 12.2 Å². The third kappa shape index (κ3) is 7.98. The van der Waals surface area contributed by atoms with E-state index < -0.39 is 42.3 Å². The van der Waals surface area contributed by atoms with Crippen molar-refractivity contribution in [2.24, 2.45) is 0 Å². The minimum absolute atomic E-state index is 0.0559. The van der Waals surface area contributed by atoms with E-state index in [1.807, 2.05) is 121 Å². The van der Waals surface area contributed by atoms with Gasteiger partial charge in [-0.1, -0.05) is 84.9 Å². The van der Waals surface area contributed by atoms with Gasteiger partial charge in [0.15, 0.2) is 18.3 Å². The van der Waals surface area contributed by atoms with E-state index in [0.717, 1.165) is 6.08 Å². The lowest BCUT2D eigenvalue weighted by atomic mass is 9.88. The smallest absolute Gasteiger partial charge is 0.328 e. The molecule has 238 valence electrons. The van der Waals surface area contributed by atoms with Crippen molar-refractivity contribution in [3.05, 3.63) is 163 Å². The van der Waals surface area contributed by atoms with Crippen molar-refractivity contribution in [2.45, 2.75) is 30.5 Å². The van der Waals surface area contributed by atoms with Gasteiger partial charge in [0.1, 0.15) is 47.6 Å². The minimum Gasteiger partial charge on any atom is -0.491 e. The Morgan fingerprint density at radius 3 is 1.66 bits per heavy atom. The molecular weight excluding hydrogens is 599 g/mol. The highest BCUT2D eigenvalue weighted by atomic mass is 19.1. The number of benzene rings is 5. The lowest BCUT2D eigenvalue weighted by Crippen LogP contribution is -2.62. The number of carboxylic acids is 1. The van der Waals surface area contributed by atoms with Crippen molar-refractivity contribution in [2.75, 3.05) is 6.61 Å². The van der Waals surface area contributed by atoms with Gasteiger partial charge in [-0.15, -0.1) is 0 Å². The number of halogens is 1. The highest BCUT2D eigenvalue weighted by molar-refractivity contribution is 5.85. The topological polar surface area (TPSA) is 83.5 Å². The number of carboxylic acid groups (broad SMARTS) is 1. The molecular formula is C39H33FO7. The van der Waals surface area contributed by atoms with Crippen LogP contribution in [0.3, 0.4) is 0 Å². The van der Waals surface area contributed by atoms with Crippen molar-refractivity contribution in [3.63, 3.8) is 0 Å². The van der Waals surface area contributed by atoms with Crippen molar-refractivity contribution >= 4 is 12.0 Å². The van der Waals surface area contributed by atoms with E-state index in [2.05, 4.69) is 0 Å². The Hall–Kier alpha value is -5.60. The molecule has 1 aliphatic rings. The standard InChI is InChI=1S/C39H33FO7/c40-33-23-13-22-32(31(33)24-25-35(41)42)36-38(45-29-18-9-3-10-19-29)39(46-30-20-11-4-12-21-30)37(44-28-16-7-2-8-17-28)34(47-36)26-43-27-14-5-1-6-15-27/h1-25,34,36-39H,26H2,(H,41,42)/b25-24+/t34-,36-,37-,38-,39+/m1/s1. The van der Waals surface area contributed by atoms with Crippen LogP contribution in [0.25, 0.3) is 6.08 Å². The second-order valence-corrected chi connectivity index (χ2v) is 10.8. The van der Waals surface area contributed by atoms with E-state index in [1.165, 1.54) is 12.1 Å². The van der Waals surface area contributed by atoms with Crippen molar-refractivity contribution < 1.29 is 38.0 Å². The number of carbonyl (C=O) groups is 1. The molecule has 1 heterocycles. The molecule has 47 heavy (non-hydrogen) atoms. The molecule has 7 nitrogen and oxygen atoms in total. The van der Waals surface area contributed by atoms with Crippen LogP contribution in [0, 0.1) is 5.82 Å². The summed E-state index contributed by atoms with van der Waals surface area (Å²) in [5.41, 5.74) is 0.443. The Balaban J connectivity index is 1.49. The molecule has 1 N–H and O–H groups in total. The summed E-state index contributed by atoms with van der Waals surface area (Å²) in [6.07, 6.45) is -2.10. The SMILES string of the molecule is O=C(O)/C=C/c1c(F)cccc1[C@H]1O[C@H](COc2ccccc2)[C@@H](Oc2ccccc2)[C@H](Oc2ccccc2)[C@@H]1Oc1ccccc1. The molecule has 5 atom stereocenters. The molecule has 8 heteroatoms. The Labute approximate surface area is 272 Å². The summed E-state index contributed by atoms with van der Waals surface area (Å²) in [5.74, 6) is 0.489. The molecule has 0 aromatic heterocycles. The molecule has 0 saturated carbocycles. The zero-order valence-electron chi connectivity index (χ0n) is 25.3. The summed E-state index contributed by atoms with van der Waals surface area (Å²) >= 11 is 0. The zero-order valence-corrected chi connectivity index (χ0v) is 25.3. The first-order chi connectivity index (χ1) is 23.0. The van der Waals surface area contributed by atoms with E-state index >= 15 is 4.39 Å². The van der Waals surface area contributed by atoms with E-state index in [9.17, 15) is 9.90 Å². The molecule has 0 aliphatic carbocycles. The van der Waals surface area contributed by atoms with Crippen LogP contribution in [0.15, 0.2) is 146 Å². The summed E-state index contributed by atoms with van der Waals surface area (Å²) in [6, 6.07) is 41.6. The predicted molar refractivity (Wildman–Crippen MR) is 175 cm³/mol. The maximum atomic E-state index is 15.5. The molecule has 0 amide bonds. The number of ether oxygens (including phenoxy) is 5. The monoisotopic (exact) mass is 632 g/mol. The van der Waals surface area contributed by atoms with Crippen LogP contribution in [0.5, 0.6) is 23.0 Å². The second-order valence-electron chi connectivity index (χ2n) is 10.8. The number of hydrogen-bond acceptors (Lipinski definition) is 6. The van der Waals surface area contributed by atoms with Gasteiger partial charge in [0.25, 0.3) is 0 Å². The van der Waals surface area contributed by atoms with Crippen molar-refractivity contribution in [3.8, 4) is 23.0 Å². The summed E-state index contributed by atoms with van der Waals surface area (Å²) in [7, 11) is 0. The molecule has 1 saturated heterocycles. The van der Waals surface area contributed by atoms with Crippen molar-refractivity contribution in [1.82, 2.24) is 0 Å². The molecule has 0 unspecified atom stereocenters. The average Bonchev–Trinajstić information content (AvgIpc) is 3.10. The van der Waals surface area contributed by atoms with E-state index in [0.29, 0.717) is 28.6 Å². The third-order valence-electron chi connectivity index (χ3n) is 7.62. The lowest BCUT2D eigenvalue weighted by molar-refractivity contribution is -0.210. The van der Waals surface area contributed by atoms with Crippen LogP contribution in [-0.4, -0.2) is 42.1 Å². The fourth-order valence-corrected chi connectivity index (χ4v) is 5.50. The summed E-state index contributed by atoms with van der Waals surface area (Å²) in [4.78, 5) is 11.5. The second kappa shape index (κ2) is 15.1. The van der Waals surface area contributed by atoms with E-state index in [1.54, 1.807) is 12.1 Å². The van der Waals surface area contributed by atoms with Crippen LogP contribution >= 0.6 is 0 Å². The Morgan fingerprint density at radius 2 is 1.13 bits per heavy atom. The Morgan fingerprint density at radius 1 is 0.638 bits per heavy atom. The lowest BCUT2D eigenvalue weighted by Gasteiger charge is -2.46. The zero-order chi connectivity index (χ0) is 32.4. The van der Waals surface area contributed by atoms with Gasteiger partial charge in [0, 0.05) is 11.6 Å². The van der Waals surface area contributed by atoms with Gasteiger partial charge in [0.2, 0.25) is 0 Å². The highest BCUT2D eigenvalue weighted by Gasteiger charge is 2.52. The summed E-state index contributed by atoms with van der Waals surface area (Å²) in [6.45, 7) is 0.0559. The molecule has 1 aliphatic heterocycles. The third-order valence-corrected chi connectivity index (χ3v) is 7.62. The van der Waals surface area contributed by atoms with Gasteiger partial charge < -0.3 is 28.8 Å². The molecule has 0 bridgehead atoms. The first-order valence-electron chi connectivity index (χ1n) is 15.2. The summed E-state index contributed by atoms with van der Waals surface area (Å²) < 4.78 is 48.6. The molecule has 6 rings (SSSR count). The average molecular weight is 633 g/mol. The maximum absolute atomic E-state index is 15.5. The van der Waals surface area contributed by atoms with Crippen LogP contribution in [0.4, 0.5) is 4.39 Å². The number of hydrogen-bond donors (Lipinski definition) is 1. The van der Waals surface area contributed by atoms with Gasteiger partial charge >= 0.3 is 5.97 Å². The van der Waals surface area contributed by atoms with Gasteiger partial charge in [-0.2, -0.15) is 0 Å². The highest BCUT2D eigenvalue weighted by Crippen LogP contribution is 2.40. The van der Waals surface area contributed by atoms with E-state index in [4.69, 9.17) is 23.7 Å². The molecule has 1 fully saturated rings. The molecule has 0 radical (unpaired) electrons. The van der Waals surface area contributed by atoms with Gasteiger partial charge in [-0.05, 0) is 66.2 Å². The van der Waals surface area contributed by atoms with Gasteiger partial charge in [-0.3, -0.25) is 0 Å². The molecule has 0 spiro atoms. The fourth-order valence-electron chi connectivity index (χ4n) is 5.50. The largest absolute Gasteiger partial charge is 0.491 e. The quantitative estimate of drug-likeness (QED) is 0.141. The number of para-hydroxylation sites is 4. The normalized spacial score (nSPS) is 20.7. The van der Waals surface area contributed by atoms with Crippen LogP contribution < -0.4 is 18.9 Å².